The number of rotatable bonds is 12. The molecule has 0 amide bonds. The van der Waals surface area contributed by atoms with Crippen molar-refractivity contribution in [1.82, 2.24) is 0 Å². The zero-order valence-electron chi connectivity index (χ0n) is 18.6. The SMILES string of the molecule is CCCCCCC1CCC(C(=O)OC(CC)c2ccc(CCCC)cc2)CC1. The highest BCUT2D eigenvalue weighted by atomic mass is 16.5. The third kappa shape index (κ3) is 7.60. The molecule has 1 aromatic rings. The van der Waals surface area contributed by atoms with Gasteiger partial charge in [0.2, 0.25) is 0 Å². The van der Waals surface area contributed by atoms with Crippen molar-refractivity contribution in [2.45, 2.75) is 110 Å². The Labute approximate surface area is 173 Å². The van der Waals surface area contributed by atoms with E-state index < -0.39 is 0 Å². The molecule has 2 nitrogen and oxygen atoms in total. The number of carbonyl (C=O) groups is 1. The van der Waals surface area contributed by atoms with Crippen molar-refractivity contribution in [1.29, 1.82) is 0 Å². The molecular formula is C26H42O2. The summed E-state index contributed by atoms with van der Waals surface area (Å²) in [7, 11) is 0. The number of benzene rings is 1. The average molecular weight is 387 g/mol. The van der Waals surface area contributed by atoms with Crippen LogP contribution in [-0.2, 0) is 16.0 Å². The fraction of sp³-hybridized carbons (Fsp3) is 0.731. The van der Waals surface area contributed by atoms with Gasteiger partial charge in [-0.25, -0.2) is 0 Å². The van der Waals surface area contributed by atoms with Gasteiger partial charge in [0.15, 0.2) is 0 Å². The first-order chi connectivity index (χ1) is 13.7. The molecule has 1 aliphatic carbocycles. The highest BCUT2D eigenvalue weighted by Gasteiger charge is 2.28. The van der Waals surface area contributed by atoms with Crippen molar-refractivity contribution in [3.05, 3.63) is 35.4 Å². The van der Waals surface area contributed by atoms with Crippen LogP contribution in [0.15, 0.2) is 24.3 Å². The van der Waals surface area contributed by atoms with Crippen LogP contribution in [0.25, 0.3) is 0 Å². The molecule has 0 bridgehead atoms. The minimum absolute atomic E-state index is 0.0337. The standard InChI is InChI=1S/C26H42O2/c1-4-7-9-10-12-22-15-19-24(20-16-22)26(27)28-25(6-3)23-17-13-21(14-18-23)11-8-5-2/h13-14,17-18,22,24-25H,4-12,15-16,19-20H2,1-3H3. The van der Waals surface area contributed by atoms with Crippen molar-refractivity contribution in [3.63, 3.8) is 0 Å². The molecule has 0 saturated heterocycles. The molecule has 0 spiro atoms. The van der Waals surface area contributed by atoms with Gasteiger partial charge in [-0.05, 0) is 62.0 Å². The van der Waals surface area contributed by atoms with Crippen LogP contribution in [0.3, 0.4) is 0 Å². The fourth-order valence-corrected chi connectivity index (χ4v) is 4.45. The van der Waals surface area contributed by atoms with Gasteiger partial charge in [0.1, 0.15) is 6.10 Å². The lowest BCUT2D eigenvalue weighted by molar-refractivity contribution is -0.156. The fourth-order valence-electron chi connectivity index (χ4n) is 4.45. The summed E-state index contributed by atoms with van der Waals surface area (Å²) in [5.41, 5.74) is 2.52. The van der Waals surface area contributed by atoms with E-state index in [0.717, 1.165) is 37.2 Å². The molecule has 0 aliphatic heterocycles. The quantitative estimate of drug-likeness (QED) is 0.270. The van der Waals surface area contributed by atoms with E-state index in [9.17, 15) is 4.79 Å². The van der Waals surface area contributed by atoms with Gasteiger partial charge < -0.3 is 4.74 Å². The second-order valence-corrected chi connectivity index (χ2v) is 8.75. The molecule has 2 heteroatoms. The Hall–Kier alpha value is -1.31. The maximum Gasteiger partial charge on any atom is 0.309 e. The molecule has 1 aromatic carbocycles. The van der Waals surface area contributed by atoms with Gasteiger partial charge in [-0.3, -0.25) is 4.79 Å². The van der Waals surface area contributed by atoms with Crippen molar-refractivity contribution in [2.24, 2.45) is 11.8 Å². The van der Waals surface area contributed by atoms with E-state index in [2.05, 4.69) is 45.0 Å². The first-order valence-corrected chi connectivity index (χ1v) is 12.0. The molecule has 1 saturated carbocycles. The number of aryl methyl sites for hydroxylation is 1. The van der Waals surface area contributed by atoms with Gasteiger partial charge in [-0.1, -0.05) is 83.6 Å². The largest absolute Gasteiger partial charge is 0.457 e. The molecule has 1 atom stereocenters. The third-order valence-electron chi connectivity index (χ3n) is 6.45. The minimum Gasteiger partial charge on any atom is -0.457 e. The van der Waals surface area contributed by atoms with Crippen LogP contribution in [0.2, 0.25) is 0 Å². The van der Waals surface area contributed by atoms with E-state index in [1.165, 1.54) is 63.4 Å². The van der Waals surface area contributed by atoms with Gasteiger partial charge in [0.25, 0.3) is 0 Å². The Balaban J connectivity index is 1.77. The summed E-state index contributed by atoms with van der Waals surface area (Å²) in [6.07, 6.45) is 15.5. The number of esters is 1. The third-order valence-corrected chi connectivity index (χ3v) is 6.45. The topological polar surface area (TPSA) is 26.3 Å². The summed E-state index contributed by atoms with van der Waals surface area (Å²) < 4.78 is 5.96. The van der Waals surface area contributed by atoms with Crippen molar-refractivity contribution >= 4 is 5.97 Å². The summed E-state index contributed by atoms with van der Waals surface area (Å²) >= 11 is 0. The molecule has 1 unspecified atom stereocenters. The second kappa shape index (κ2) is 13.0. The highest BCUT2D eigenvalue weighted by Crippen LogP contribution is 2.34. The number of hydrogen-bond acceptors (Lipinski definition) is 2. The summed E-state index contributed by atoms with van der Waals surface area (Å²) in [5, 5.41) is 0. The maximum absolute atomic E-state index is 12.7. The summed E-state index contributed by atoms with van der Waals surface area (Å²) in [5.74, 6) is 0.981. The summed E-state index contributed by atoms with van der Waals surface area (Å²) in [6, 6.07) is 8.70. The van der Waals surface area contributed by atoms with Crippen LogP contribution in [0.1, 0.15) is 115 Å². The van der Waals surface area contributed by atoms with E-state index in [0.29, 0.717) is 0 Å². The summed E-state index contributed by atoms with van der Waals surface area (Å²) in [4.78, 5) is 12.7. The molecule has 0 radical (unpaired) electrons. The van der Waals surface area contributed by atoms with Gasteiger partial charge >= 0.3 is 5.97 Å². The normalized spacial score (nSPS) is 20.7. The van der Waals surface area contributed by atoms with Gasteiger partial charge in [0.05, 0.1) is 5.92 Å². The molecular weight excluding hydrogens is 344 g/mol. The average Bonchev–Trinajstić information content (AvgIpc) is 2.74. The van der Waals surface area contributed by atoms with Gasteiger partial charge in [-0.15, -0.1) is 0 Å². The minimum atomic E-state index is -0.0977. The van der Waals surface area contributed by atoms with Gasteiger partial charge in [-0.2, -0.15) is 0 Å². The predicted molar refractivity (Wildman–Crippen MR) is 118 cm³/mol. The van der Waals surface area contributed by atoms with E-state index in [1.807, 2.05) is 0 Å². The number of unbranched alkanes of at least 4 members (excludes halogenated alkanes) is 4. The first-order valence-electron chi connectivity index (χ1n) is 12.0. The van der Waals surface area contributed by atoms with Crippen LogP contribution in [0.4, 0.5) is 0 Å². The summed E-state index contributed by atoms with van der Waals surface area (Å²) in [6.45, 7) is 6.60. The number of carbonyl (C=O) groups excluding carboxylic acids is 1. The molecule has 1 fully saturated rings. The Bertz CT molecular complexity index is 540. The Morgan fingerprint density at radius 3 is 2.21 bits per heavy atom. The molecule has 2 rings (SSSR count). The molecule has 0 aromatic heterocycles. The van der Waals surface area contributed by atoms with E-state index in [1.54, 1.807) is 0 Å². The monoisotopic (exact) mass is 386 g/mol. The molecule has 28 heavy (non-hydrogen) atoms. The van der Waals surface area contributed by atoms with E-state index in [4.69, 9.17) is 4.74 Å². The predicted octanol–water partition coefficient (Wildman–Crippen LogP) is 7.80. The lowest BCUT2D eigenvalue weighted by atomic mass is 9.79. The van der Waals surface area contributed by atoms with Crippen molar-refractivity contribution < 1.29 is 9.53 Å². The van der Waals surface area contributed by atoms with Crippen molar-refractivity contribution in [3.8, 4) is 0 Å². The Morgan fingerprint density at radius 2 is 1.61 bits per heavy atom. The van der Waals surface area contributed by atoms with E-state index >= 15 is 0 Å². The van der Waals surface area contributed by atoms with Crippen molar-refractivity contribution in [2.75, 3.05) is 0 Å². The van der Waals surface area contributed by atoms with Crippen LogP contribution in [0.5, 0.6) is 0 Å². The molecule has 1 aliphatic rings. The van der Waals surface area contributed by atoms with Gasteiger partial charge in [0, 0.05) is 0 Å². The molecule has 158 valence electrons. The number of hydrogen-bond donors (Lipinski definition) is 0. The second-order valence-electron chi connectivity index (χ2n) is 8.75. The lowest BCUT2D eigenvalue weighted by Gasteiger charge is -2.28. The smallest absolute Gasteiger partial charge is 0.309 e. The van der Waals surface area contributed by atoms with Crippen LogP contribution >= 0.6 is 0 Å². The molecule has 0 N–H and O–H groups in total. The Morgan fingerprint density at radius 1 is 0.929 bits per heavy atom. The highest BCUT2D eigenvalue weighted by molar-refractivity contribution is 5.72. The van der Waals surface area contributed by atoms with Crippen LogP contribution in [-0.4, -0.2) is 5.97 Å². The Kier molecular flexibility index (Phi) is 10.7. The number of ether oxygens (including phenoxy) is 1. The molecule has 0 heterocycles. The zero-order valence-corrected chi connectivity index (χ0v) is 18.6. The maximum atomic E-state index is 12.7. The lowest BCUT2D eigenvalue weighted by Crippen LogP contribution is -2.25. The van der Waals surface area contributed by atoms with Crippen LogP contribution < -0.4 is 0 Å². The van der Waals surface area contributed by atoms with Crippen LogP contribution in [0, 0.1) is 11.8 Å². The first kappa shape index (κ1) is 23.0. The zero-order chi connectivity index (χ0) is 20.2. The van der Waals surface area contributed by atoms with E-state index in [-0.39, 0.29) is 18.0 Å².